The number of benzene rings is 2. The molecule has 0 aromatic heterocycles. The number of rotatable bonds is 9. The normalized spacial score (nSPS) is 14.1. The van der Waals surface area contributed by atoms with Crippen LogP contribution in [0.5, 0.6) is 17.2 Å². The van der Waals surface area contributed by atoms with Crippen LogP contribution in [0.3, 0.4) is 0 Å². The summed E-state index contributed by atoms with van der Waals surface area (Å²) in [5.41, 5.74) is 3.12. The first kappa shape index (κ1) is 21.7. The zero-order valence-corrected chi connectivity index (χ0v) is 17.9. The molecule has 3 rings (SSSR count). The van der Waals surface area contributed by atoms with Gasteiger partial charge in [-0.25, -0.2) is 0 Å². The number of likely N-dealkylation sites (tertiary alicyclic amines) is 1. The molecule has 1 fully saturated rings. The average molecular weight is 411 g/mol. The molecule has 0 spiro atoms. The van der Waals surface area contributed by atoms with E-state index in [1.165, 1.54) is 37.6 Å². The molecule has 0 aliphatic carbocycles. The van der Waals surface area contributed by atoms with Crippen LogP contribution in [0.15, 0.2) is 42.5 Å². The molecule has 0 radical (unpaired) electrons. The van der Waals surface area contributed by atoms with Crippen LogP contribution in [0, 0.1) is 0 Å². The summed E-state index contributed by atoms with van der Waals surface area (Å²) in [5.74, 6) is 1.42. The van der Waals surface area contributed by atoms with Gasteiger partial charge in [-0.1, -0.05) is 24.3 Å². The summed E-state index contributed by atoms with van der Waals surface area (Å²) in [6.07, 6.45) is 5.79. The van der Waals surface area contributed by atoms with E-state index in [0.717, 1.165) is 17.7 Å². The Morgan fingerprint density at radius 2 is 1.60 bits per heavy atom. The SMILES string of the molecule is COc1ccc(/C=C/C(=O)NCc2ccc(CN3CCCC3)cc2)c(OC)c1OC. The van der Waals surface area contributed by atoms with Gasteiger partial charge in [-0.05, 0) is 55.3 Å². The summed E-state index contributed by atoms with van der Waals surface area (Å²) in [5, 5.41) is 2.92. The van der Waals surface area contributed by atoms with E-state index in [9.17, 15) is 4.79 Å². The number of amides is 1. The zero-order valence-electron chi connectivity index (χ0n) is 17.9. The molecular weight excluding hydrogens is 380 g/mol. The lowest BCUT2D eigenvalue weighted by Gasteiger charge is -2.14. The van der Waals surface area contributed by atoms with E-state index in [2.05, 4.69) is 34.5 Å². The second-order valence-electron chi connectivity index (χ2n) is 7.27. The van der Waals surface area contributed by atoms with E-state index in [-0.39, 0.29) is 5.91 Å². The van der Waals surface area contributed by atoms with Gasteiger partial charge in [0.2, 0.25) is 11.7 Å². The van der Waals surface area contributed by atoms with Crippen molar-refractivity contribution in [1.29, 1.82) is 0 Å². The largest absolute Gasteiger partial charge is 0.493 e. The van der Waals surface area contributed by atoms with Crippen molar-refractivity contribution >= 4 is 12.0 Å². The Bertz CT molecular complexity index is 872. The van der Waals surface area contributed by atoms with E-state index >= 15 is 0 Å². The molecule has 2 aromatic carbocycles. The molecule has 0 unspecified atom stereocenters. The van der Waals surface area contributed by atoms with E-state index in [1.807, 2.05) is 6.07 Å². The first-order valence-corrected chi connectivity index (χ1v) is 10.2. The Kier molecular flexibility index (Phi) is 7.74. The first-order chi connectivity index (χ1) is 14.6. The molecule has 30 heavy (non-hydrogen) atoms. The van der Waals surface area contributed by atoms with Gasteiger partial charge in [-0.2, -0.15) is 0 Å². The highest BCUT2D eigenvalue weighted by Gasteiger charge is 2.14. The van der Waals surface area contributed by atoms with Crippen molar-refractivity contribution in [2.75, 3.05) is 34.4 Å². The summed E-state index contributed by atoms with van der Waals surface area (Å²) in [6.45, 7) is 3.86. The molecule has 160 valence electrons. The molecular formula is C24H30N2O4. The Morgan fingerprint density at radius 1 is 0.933 bits per heavy atom. The van der Waals surface area contributed by atoms with Crippen LogP contribution in [0.25, 0.3) is 6.08 Å². The van der Waals surface area contributed by atoms with Crippen molar-refractivity contribution in [3.8, 4) is 17.2 Å². The predicted octanol–water partition coefficient (Wildman–Crippen LogP) is 3.64. The molecule has 1 N–H and O–H groups in total. The van der Waals surface area contributed by atoms with Gasteiger partial charge < -0.3 is 19.5 Å². The van der Waals surface area contributed by atoms with Gasteiger partial charge in [0.15, 0.2) is 11.5 Å². The Hall–Kier alpha value is -2.99. The first-order valence-electron chi connectivity index (χ1n) is 10.2. The van der Waals surface area contributed by atoms with Gasteiger partial charge in [0.05, 0.1) is 21.3 Å². The number of hydrogen-bond acceptors (Lipinski definition) is 5. The number of nitrogens with one attached hydrogen (secondary N) is 1. The molecule has 0 bridgehead atoms. The lowest BCUT2D eigenvalue weighted by Crippen LogP contribution is -2.20. The average Bonchev–Trinajstić information content (AvgIpc) is 3.29. The van der Waals surface area contributed by atoms with Crippen LogP contribution < -0.4 is 19.5 Å². The molecule has 0 saturated carbocycles. The topological polar surface area (TPSA) is 60.0 Å². The second-order valence-corrected chi connectivity index (χ2v) is 7.27. The minimum atomic E-state index is -0.173. The summed E-state index contributed by atoms with van der Waals surface area (Å²) in [7, 11) is 4.68. The number of methoxy groups -OCH3 is 3. The maximum Gasteiger partial charge on any atom is 0.244 e. The van der Waals surface area contributed by atoms with Crippen LogP contribution in [0.1, 0.15) is 29.5 Å². The lowest BCUT2D eigenvalue weighted by molar-refractivity contribution is -0.116. The molecule has 1 aliphatic rings. The van der Waals surface area contributed by atoms with Crippen molar-refractivity contribution < 1.29 is 19.0 Å². The highest BCUT2D eigenvalue weighted by Crippen LogP contribution is 2.40. The summed E-state index contributed by atoms with van der Waals surface area (Å²) < 4.78 is 16.1. The van der Waals surface area contributed by atoms with Gasteiger partial charge in [0, 0.05) is 24.7 Å². The molecule has 6 heteroatoms. The minimum Gasteiger partial charge on any atom is -0.493 e. The number of hydrogen-bond donors (Lipinski definition) is 1. The van der Waals surface area contributed by atoms with Gasteiger partial charge in [0.25, 0.3) is 0 Å². The molecule has 2 aromatic rings. The second kappa shape index (κ2) is 10.7. The number of ether oxygens (including phenoxy) is 3. The fourth-order valence-corrected chi connectivity index (χ4v) is 3.63. The quantitative estimate of drug-likeness (QED) is 0.640. The third kappa shape index (κ3) is 5.54. The molecule has 1 amide bonds. The third-order valence-electron chi connectivity index (χ3n) is 5.24. The summed E-state index contributed by atoms with van der Waals surface area (Å²) in [6, 6.07) is 12.0. The standard InChI is InChI=1S/C24H30N2O4/c1-28-21-12-10-20(23(29-2)24(21)30-3)11-13-22(27)25-16-18-6-8-19(9-7-18)17-26-14-4-5-15-26/h6-13H,4-5,14-17H2,1-3H3,(H,25,27)/b13-11+. The van der Waals surface area contributed by atoms with E-state index in [1.54, 1.807) is 33.5 Å². The number of carbonyl (C=O) groups excluding carboxylic acids is 1. The minimum absolute atomic E-state index is 0.173. The van der Waals surface area contributed by atoms with Gasteiger partial charge in [-0.3, -0.25) is 9.69 Å². The van der Waals surface area contributed by atoms with Gasteiger partial charge in [0.1, 0.15) is 0 Å². The van der Waals surface area contributed by atoms with E-state index < -0.39 is 0 Å². The zero-order chi connectivity index (χ0) is 21.3. The predicted molar refractivity (Wildman–Crippen MR) is 118 cm³/mol. The van der Waals surface area contributed by atoms with Crippen LogP contribution in [-0.4, -0.2) is 45.2 Å². The maximum absolute atomic E-state index is 12.3. The van der Waals surface area contributed by atoms with E-state index in [4.69, 9.17) is 14.2 Å². The van der Waals surface area contributed by atoms with Crippen molar-refractivity contribution in [2.45, 2.75) is 25.9 Å². The summed E-state index contributed by atoms with van der Waals surface area (Å²) in [4.78, 5) is 14.7. The van der Waals surface area contributed by atoms with Crippen molar-refractivity contribution in [2.24, 2.45) is 0 Å². The molecule has 1 aliphatic heterocycles. The van der Waals surface area contributed by atoms with Gasteiger partial charge in [-0.15, -0.1) is 0 Å². The van der Waals surface area contributed by atoms with Crippen LogP contribution in [-0.2, 0) is 17.9 Å². The fourth-order valence-electron chi connectivity index (χ4n) is 3.63. The van der Waals surface area contributed by atoms with Gasteiger partial charge >= 0.3 is 0 Å². The molecule has 0 atom stereocenters. The van der Waals surface area contributed by atoms with Crippen LogP contribution in [0.2, 0.25) is 0 Å². The Morgan fingerprint density at radius 3 is 2.23 bits per heavy atom. The monoisotopic (exact) mass is 410 g/mol. The molecule has 6 nitrogen and oxygen atoms in total. The Labute approximate surface area is 178 Å². The highest BCUT2D eigenvalue weighted by atomic mass is 16.5. The summed E-state index contributed by atoms with van der Waals surface area (Å²) >= 11 is 0. The fraction of sp³-hybridized carbons (Fsp3) is 0.375. The molecule has 1 heterocycles. The smallest absolute Gasteiger partial charge is 0.244 e. The number of nitrogens with zero attached hydrogens (tertiary/aromatic N) is 1. The van der Waals surface area contributed by atoms with Crippen molar-refractivity contribution in [3.63, 3.8) is 0 Å². The lowest BCUT2D eigenvalue weighted by atomic mass is 10.1. The Balaban J connectivity index is 1.56. The highest BCUT2D eigenvalue weighted by molar-refractivity contribution is 5.92. The number of carbonyl (C=O) groups is 1. The maximum atomic E-state index is 12.3. The third-order valence-corrected chi connectivity index (χ3v) is 5.24. The van der Waals surface area contributed by atoms with Crippen LogP contribution in [0.4, 0.5) is 0 Å². The van der Waals surface area contributed by atoms with Crippen molar-refractivity contribution in [3.05, 3.63) is 59.2 Å². The van der Waals surface area contributed by atoms with Crippen molar-refractivity contribution in [1.82, 2.24) is 10.2 Å². The molecule has 1 saturated heterocycles. The van der Waals surface area contributed by atoms with Crippen LogP contribution >= 0.6 is 0 Å². The van der Waals surface area contributed by atoms with E-state index in [0.29, 0.717) is 23.8 Å².